The fourth-order valence-electron chi connectivity index (χ4n) is 16.2. The quantitative estimate of drug-likeness (QED) is 0.0236. The van der Waals surface area contributed by atoms with E-state index in [0.717, 1.165) is 98.7 Å². The second-order valence-corrected chi connectivity index (χ2v) is 31.8. The maximum absolute atomic E-state index is 13.6. The van der Waals surface area contributed by atoms with Gasteiger partial charge in [-0.05, 0) is 128 Å². The second kappa shape index (κ2) is 43.1. The average Bonchev–Trinajstić information content (AvgIpc) is 1.72. The van der Waals surface area contributed by atoms with Gasteiger partial charge in [-0.1, -0.05) is 93.7 Å². The van der Waals surface area contributed by atoms with Gasteiger partial charge in [0.2, 0.25) is 0 Å². The first-order chi connectivity index (χ1) is 54.8. The number of nitrogens with one attached hydrogen (secondary N) is 3. The molecule has 4 aliphatic heterocycles. The lowest BCUT2D eigenvalue weighted by Crippen LogP contribution is -2.52. The van der Waals surface area contributed by atoms with E-state index in [9.17, 15) is 29.3 Å². The van der Waals surface area contributed by atoms with Crippen LogP contribution in [0.25, 0.3) is 34.2 Å². The molecule has 3 aliphatic carbocycles. The number of anilines is 5. The third-order valence-electron chi connectivity index (χ3n) is 22.9. The van der Waals surface area contributed by atoms with Crippen LogP contribution in [0.3, 0.4) is 0 Å². The normalized spacial score (nSPS) is 19.5. The lowest BCUT2D eigenvalue weighted by atomic mass is 9.94. The number of hydrogen-bond donors (Lipinski definition) is 6. The maximum Gasteiger partial charge on any atom is 0.410 e. The van der Waals surface area contributed by atoms with Crippen LogP contribution in [0.15, 0.2) is 84.9 Å². The Kier molecular flexibility index (Phi) is 32.7. The van der Waals surface area contributed by atoms with Gasteiger partial charge in [0.05, 0.1) is 6.04 Å². The van der Waals surface area contributed by atoms with Crippen LogP contribution in [0.4, 0.5) is 38.3 Å². The summed E-state index contributed by atoms with van der Waals surface area (Å²) in [4.78, 5) is 72.4. The van der Waals surface area contributed by atoms with E-state index in [4.69, 9.17) is 65.2 Å². The van der Waals surface area contributed by atoms with Crippen molar-refractivity contribution in [2.75, 3.05) is 192 Å². The smallest absolute Gasteiger partial charge is 0.410 e. The number of ether oxygens (including phenoxy) is 5. The highest BCUT2D eigenvalue weighted by Crippen LogP contribution is 2.37. The van der Waals surface area contributed by atoms with E-state index in [-0.39, 0.29) is 50.6 Å². The molecule has 3 unspecified atom stereocenters. The van der Waals surface area contributed by atoms with Crippen LogP contribution in [-0.2, 0) is 9.47 Å². The summed E-state index contributed by atoms with van der Waals surface area (Å²) in [6.45, 7) is 11.2. The summed E-state index contributed by atoms with van der Waals surface area (Å²) in [5, 5.41) is 39.4. The highest BCUT2D eigenvalue weighted by atomic mass is 35.5. The molecule has 6 aromatic rings. The Morgan fingerprint density at radius 1 is 0.566 bits per heavy atom. The number of benzene rings is 3. The van der Waals surface area contributed by atoms with Gasteiger partial charge in [0.1, 0.15) is 103 Å². The van der Waals surface area contributed by atoms with E-state index in [0.29, 0.717) is 134 Å². The molecule has 3 aromatic carbocycles. The third-order valence-corrected chi connectivity index (χ3v) is 23.1. The van der Waals surface area contributed by atoms with Gasteiger partial charge >= 0.3 is 6.09 Å². The number of rotatable bonds is 31. The van der Waals surface area contributed by atoms with Gasteiger partial charge in [-0.25, -0.2) is 39.1 Å². The van der Waals surface area contributed by atoms with Gasteiger partial charge in [0, 0.05) is 177 Å². The summed E-state index contributed by atoms with van der Waals surface area (Å²) in [6, 6.07) is 28.4. The molecule has 3 saturated carbocycles. The first-order valence-electron chi connectivity index (χ1n) is 41.1. The molecule has 7 fully saturated rings. The number of piperazine rings is 2. The van der Waals surface area contributed by atoms with Crippen LogP contribution < -0.4 is 54.7 Å². The van der Waals surface area contributed by atoms with E-state index in [1.807, 2.05) is 66.5 Å². The SMILES string of the molecule is CNCC(O)COc1cc(Cl)cc(-c2nc(C(=O)N(C)CC3CCOCC3)cc(N(C)C3CCCCC3)n2)c1.CNCC(O)COc1cccc(-c2nc(N3CCN(CCF)[C@@H](C)C3)cc(N(C)C3CCCCC3)n2)c1.CNCC(O)COc1cccc(-c2nc(N3CCN4C(=O)OC[C@@H]4C3)cc(N(C)C3CCCCC3)n2)c1. The zero-order valence-electron chi connectivity index (χ0n) is 67.7. The molecule has 6 N–H and O–H groups in total. The average molecular weight is 1590 g/mol. The van der Waals surface area contributed by atoms with E-state index in [1.165, 1.54) is 83.5 Å². The molecule has 0 radical (unpaired) electrons. The summed E-state index contributed by atoms with van der Waals surface area (Å²) >= 11 is 6.46. The Labute approximate surface area is 672 Å². The third kappa shape index (κ3) is 24.5. The first-order valence-corrected chi connectivity index (χ1v) is 41.5. The predicted octanol–water partition coefficient (Wildman–Crippen LogP) is 9.89. The van der Waals surface area contributed by atoms with E-state index in [2.05, 4.69) is 85.5 Å². The van der Waals surface area contributed by atoms with Crippen LogP contribution in [0.2, 0.25) is 5.02 Å². The van der Waals surface area contributed by atoms with Gasteiger partial charge in [-0.2, -0.15) is 0 Å². The number of aromatic nitrogens is 6. The van der Waals surface area contributed by atoms with Crippen molar-refractivity contribution in [2.45, 2.75) is 165 Å². The number of aliphatic hydroxyl groups is 3. The van der Waals surface area contributed by atoms with Crippen molar-refractivity contribution in [3.8, 4) is 51.4 Å². The number of carbonyl (C=O) groups is 2. The van der Waals surface area contributed by atoms with Gasteiger partial charge in [-0.15, -0.1) is 0 Å². The number of nitrogens with zero attached hydrogens (tertiary/aromatic N) is 14. The van der Waals surface area contributed by atoms with Crippen LogP contribution >= 0.6 is 11.6 Å². The van der Waals surface area contributed by atoms with Gasteiger partial charge in [0.15, 0.2) is 17.5 Å². The molecular formula is C84H123ClFN17O10. The molecule has 5 atom stereocenters. The van der Waals surface area contributed by atoms with Crippen molar-refractivity contribution >= 4 is 52.7 Å². The second-order valence-electron chi connectivity index (χ2n) is 31.4. The molecule has 13 rings (SSSR count). The van der Waals surface area contributed by atoms with Crippen molar-refractivity contribution in [3.05, 3.63) is 95.6 Å². The molecule has 113 heavy (non-hydrogen) atoms. The molecule has 2 amide bonds. The number of hydrogen-bond acceptors (Lipinski definition) is 25. The molecule has 7 heterocycles. The summed E-state index contributed by atoms with van der Waals surface area (Å²) in [5.74, 6) is 8.19. The van der Waals surface area contributed by atoms with Crippen molar-refractivity contribution in [1.82, 2.24) is 60.6 Å². The van der Waals surface area contributed by atoms with Crippen LogP contribution in [0.5, 0.6) is 17.2 Å². The predicted molar refractivity (Wildman–Crippen MR) is 443 cm³/mol. The number of amides is 2. The van der Waals surface area contributed by atoms with Crippen molar-refractivity contribution < 1.29 is 53.0 Å². The Bertz CT molecular complexity index is 3950. The van der Waals surface area contributed by atoms with Crippen molar-refractivity contribution in [2.24, 2.45) is 5.92 Å². The molecule has 0 bridgehead atoms. The van der Waals surface area contributed by atoms with Crippen LogP contribution in [0.1, 0.15) is 127 Å². The summed E-state index contributed by atoms with van der Waals surface area (Å²) in [6.07, 6.45) is 18.0. The van der Waals surface area contributed by atoms with Gasteiger partial charge in [-0.3, -0.25) is 14.6 Å². The van der Waals surface area contributed by atoms with Crippen LogP contribution in [0, 0.1) is 5.92 Å². The molecule has 7 aliphatic rings. The Morgan fingerprint density at radius 3 is 1.51 bits per heavy atom. The monoisotopic (exact) mass is 1580 g/mol. The van der Waals surface area contributed by atoms with Crippen molar-refractivity contribution in [3.63, 3.8) is 0 Å². The summed E-state index contributed by atoms with van der Waals surface area (Å²) < 4.78 is 41.2. The van der Waals surface area contributed by atoms with Gasteiger partial charge < -0.3 is 84.4 Å². The zero-order chi connectivity index (χ0) is 79.8. The largest absolute Gasteiger partial charge is 0.491 e. The molecular weight excluding hydrogens is 1460 g/mol. The number of halogens is 2. The van der Waals surface area contributed by atoms with E-state index >= 15 is 0 Å². The summed E-state index contributed by atoms with van der Waals surface area (Å²) in [5.41, 5.74) is 2.75. The highest BCUT2D eigenvalue weighted by molar-refractivity contribution is 6.31. The van der Waals surface area contributed by atoms with Gasteiger partial charge in [0.25, 0.3) is 5.91 Å². The number of alkyl halides is 1. The number of fused-ring (bicyclic) bond motifs is 1. The topological polar surface area (TPSA) is 280 Å². The van der Waals surface area contributed by atoms with E-state index < -0.39 is 18.3 Å². The molecule has 4 saturated heterocycles. The minimum Gasteiger partial charge on any atom is -0.491 e. The fourth-order valence-corrected chi connectivity index (χ4v) is 16.5. The Morgan fingerprint density at radius 2 is 1.03 bits per heavy atom. The minimum atomic E-state index is -0.656. The van der Waals surface area contributed by atoms with Crippen molar-refractivity contribution in [1.29, 1.82) is 0 Å². The molecule has 0 spiro atoms. The lowest BCUT2D eigenvalue weighted by Gasteiger charge is -2.40. The first kappa shape index (κ1) is 85.8. The molecule has 3 aromatic heterocycles. The standard InChI is InChI=1S/C29H42ClN5O4.C28H43FN6O2.C27H38N6O4/c1-31-17-24(36)19-39-25-14-21(13-22(30)15-25)28-32-26(29(37)34(2)18-20-9-11-38-12-10-20)16-27(33-28)35(3)23-7-5-4-6-8-23;1-21-19-35(15-14-34(21)13-12-29)27-17-26(33(3)23-9-5-4-6-10-23)31-28(32-27)22-8-7-11-25(16-22)37-20-24(36)18-30-2;1-28-15-22(34)18-36-23-10-6-7-19(13-23)26-29-24(31(2)20-8-4-3-5-9-20)14-25(30-26)32-11-12-33-21(16-32)17-37-27(33)35/h13-16,20,23-24,31,36H,4-12,17-19H2,1-3H3;7-8,11,16-17,21,23-24,30,36H,4-6,9-10,12-15,18-20H2,1-3H3;6-7,10,13-14,20-22,28,34H,3-5,8-9,11-12,15-18H2,1-2H3/t;21-,24?;21-,22?/m.00/s1. The number of cyclic esters (lactones) is 1. The van der Waals surface area contributed by atoms with Crippen LogP contribution in [-0.4, -0.2) is 288 Å². The van der Waals surface area contributed by atoms with E-state index in [1.54, 1.807) is 44.2 Å². The zero-order valence-corrected chi connectivity index (χ0v) is 68.5. The Balaban J connectivity index is 0.000000167. The minimum absolute atomic E-state index is 0.0416. The Hall–Kier alpha value is -8.06. The number of aliphatic hydroxyl groups excluding tert-OH is 3. The summed E-state index contributed by atoms with van der Waals surface area (Å²) in [7, 11) is 13.6. The number of carbonyl (C=O) groups excluding carboxylic acids is 2. The molecule has 27 nitrogen and oxygen atoms in total. The number of likely N-dealkylation sites (N-methyl/N-ethyl adjacent to an activating group) is 3. The molecule has 618 valence electrons. The molecule has 29 heteroatoms. The lowest BCUT2D eigenvalue weighted by molar-refractivity contribution is 0.0495. The fraction of sp³-hybridized carbons (Fsp3) is 0.619. The maximum atomic E-state index is 13.6. The highest BCUT2D eigenvalue weighted by Gasteiger charge is 2.39.